The number of carbonyl (C=O) groups is 1. The van der Waals surface area contributed by atoms with Gasteiger partial charge in [-0.05, 0) is 42.7 Å². The molecule has 1 atom stereocenters. The van der Waals surface area contributed by atoms with Gasteiger partial charge in [-0.3, -0.25) is 4.79 Å². The third-order valence-corrected chi connectivity index (χ3v) is 3.48. The van der Waals surface area contributed by atoms with Gasteiger partial charge in [0, 0.05) is 0 Å². The number of carbonyl (C=O) groups excluding carboxylic acids is 1. The molecule has 0 aliphatic heterocycles. The quantitative estimate of drug-likeness (QED) is 0.655. The molecule has 0 fully saturated rings. The van der Waals surface area contributed by atoms with E-state index in [1.54, 1.807) is 6.92 Å². The van der Waals surface area contributed by atoms with Gasteiger partial charge in [-0.25, -0.2) is 0 Å². The van der Waals surface area contributed by atoms with E-state index in [-0.39, 0.29) is 0 Å². The van der Waals surface area contributed by atoms with Crippen molar-refractivity contribution in [3.8, 4) is 5.75 Å². The SMILES string of the molecule is COC(=O)C(C)(N)CCCOc1ccc2ccccc2c1. The highest BCUT2D eigenvalue weighted by Crippen LogP contribution is 2.21. The van der Waals surface area contributed by atoms with Gasteiger partial charge in [0.25, 0.3) is 0 Å². The van der Waals surface area contributed by atoms with Gasteiger partial charge >= 0.3 is 5.97 Å². The molecule has 0 saturated carbocycles. The van der Waals surface area contributed by atoms with E-state index in [4.69, 9.17) is 10.5 Å². The van der Waals surface area contributed by atoms with Gasteiger partial charge < -0.3 is 15.2 Å². The lowest BCUT2D eigenvalue weighted by molar-refractivity contribution is -0.146. The molecule has 2 aromatic carbocycles. The van der Waals surface area contributed by atoms with Crippen LogP contribution < -0.4 is 10.5 Å². The molecule has 4 heteroatoms. The zero-order chi connectivity index (χ0) is 15.3. The van der Waals surface area contributed by atoms with E-state index in [0.29, 0.717) is 19.4 Å². The Morgan fingerprint density at radius 2 is 1.90 bits per heavy atom. The summed E-state index contributed by atoms with van der Waals surface area (Å²) in [5, 5.41) is 2.33. The molecule has 21 heavy (non-hydrogen) atoms. The van der Waals surface area contributed by atoms with Crippen LogP contribution in [0.2, 0.25) is 0 Å². The van der Waals surface area contributed by atoms with Crippen LogP contribution in [-0.4, -0.2) is 25.2 Å². The highest BCUT2D eigenvalue weighted by atomic mass is 16.5. The van der Waals surface area contributed by atoms with Crippen molar-refractivity contribution in [3.05, 3.63) is 42.5 Å². The molecular formula is C17H21NO3. The number of hydrogen-bond acceptors (Lipinski definition) is 4. The van der Waals surface area contributed by atoms with Crippen LogP contribution in [0.3, 0.4) is 0 Å². The minimum atomic E-state index is -0.957. The molecule has 112 valence electrons. The fraction of sp³-hybridized carbons (Fsp3) is 0.353. The van der Waals surface area contributed by atoms with Crippen LogP contribution in [0.5, 0.6) is 5.75 Å². The van der Waals surface area contributed by atoms with Crippen LogP contribution in [-0.2, 0) is 9.53 Å². The molecule has 4 nitrogen and oxygen atoms in total. The number of rotatable bonds is 6. The lowest BCUT2D eigenvalue weighted by Crippen LogP contribution is -2.45. The lowest BCUT2D eigenvalue weighted by Gasteiger charge is -2.21. The minimum Gasteiger partial charge on any atom is -0.494 e. The third-order valence-electron chi connectivity index (χ3n) is 3.48. The molecule has 0 spiro atoms. The Morgan fingerprint density at radius 1 is 1.19 bits per heavy atom. The first-order valence-corrected chi connectivity index (χ1v) is 7.02. The highest BCUT2D eigenvalue weighted by molar-refractivity contribution is 5.83. The van der Waals surface area contributed by atoms with E-state index >= 15 is 0 Å². The maximum absolute atomic E-state index is 11.5. The van der Waals surface area contributed by atoms with Crippen molar-refractivity contribution in [1.29, 1.82) is 0 Å². The van der Waals surface area contributed by atoms with Crippen LogP contribution in [0.25, 0.3) is 10.8 Å². The summed E-state index contributed by atoms with van der Waals surface area (Å²) in [6.07, 6.45) is 1.21. The average Bonchev–Trinajstić information content (AvgIpc) is 2.50. The second kappa shape index (κ2) is 6.59. The van der Waals surface area contributed by atoms with Crippen LogP contribution in [0.4, 0.5) is 0 Å². The van der Waals surface area contributed by atoms with Gasteiger partial charge in [0.05, 0.1) is 13.7 Å². The zero-order valence-electron chi connectivity index (χ0n) is 12.5. The van der Waals surface area contributed by atoms with Crippen molar-refractivity contribution in [2.75, 3.05) is 13.7 Å². The molecule has 0 radical (unpaired) electrons. The summed E-state index contributed by atoms with van der Waals surface area (Å²) in [6.45, 7) is 2.19. The van der Waals surface area contributed by atoms with E-state index < -0.39 is 11.5 Å². The van der Waals surface area contributed by atoms with Crippen molar-refractivity contribution in [2.45, 2.75) is 25.3 Å². The molecule has 0 aliphatic rings. The second-order valence-electron chi connectivity index (χ2n) is 5.37. The Morgan fingerprint density at radius 3 is 2.62 bits per heavy atom. The Hall–Kier alpha value is -2.07. The summed E-state index contributed by atoms with van der Waals surface area (Å²) < 4.78 is 10.4. The number of ether oxygens (including phenoxy) is 2. The number of esters is 1. The molecule has 0 heterocycles. The van der Waals surface area contributed by atoms with E-state index in [2.05, 4.69) is 16.9 Å². The van der Waals surface area contributed by atoms with Gasteiger partial charge in [0.1, 0.15) is 11.3 Å². The molecule has 2 N–H and O–H groups in total. The predicted molar refractivity (Wildman–Crippen MR) is 83.3 cm³/mol. The summed E-state index contributed by atoms with van der Waals surface area (Å²) in [4.78, 5) is 11.5. The largest absolute Gasteiger partial charge is 0.494 e. The Bertz CT molecular complexity index is 622. The topological polar surface area (TPSA) is 61.5 Å². The second-order valence-corrected chi connectivity index (χ2v) is 5.37. The van der Waals surface area contributed by atoms with Crippen molar-refractivity contribution in [2.24, 2.45) is 5.73 Å². The molecular weight excluding hydrogens is 266 g/mol. The van der Waals surface area contributed by atoms with Gasteiger partial charge in [0.2, 0.25) is 0 Å². The van der Waals surface area contributed by atoms with Crippen LogP contribution in [0, 0.1) is 0 Å². The summed E-state index contributed by atoms with van der Waals surface area (Å²) in [5.74, 6) is 0.429. The zero-order valence-corrected chi connectivity index (χ0v) is 12.5. The normalized spacial score (nSPS) is 13.7. The molecule has 0 bridgehead atoms. The van der Waals surface area contributed by atoms with Crippen molar-refractivity contribution >= 4 is 16.7 Å². The molecule has 2 aromatic rings. The van der Waals surface area contributed by atoms with Crippen LogP contribution in [0.1, 0.15) is 19.8 Å². The smallest absolute Gasteiger partial charge is 0.325 e. The maximum Gasteiger partial charge on any atom is 0.325 e. The van der Waals surface area contributed by atoms with Gasteiger partial charge in [-0.2, -0.15) is 0 Å². The first-order chi connectivity index (χ1) is 10.0. The predicted octanol–water partition coefficient (Wildman–Crippen LogP) is 2.89. The molecule has 2 rings (SSSR count). The first kappa shape index (κ1) is 15.3. The van der Waals surface area contributed by atoms with Gasteiger partial charge in [0.15, 0.2) is 0 Å². The molecule has 0 saturated heterocycles. The molecule has 1 unspecified atom stereocenters. The number of nitrogens with two attached hydrogens (primary N) is 1. The molecule has 0 aliphatic carbocycles. The Balaban J connectivity index is 1.86. The molecule has 0 aromatic heterocycles. The van der Waals surface area contributed by atoms with Crippen LogP contribution >= 0.6 is 0 Å². The van der Waals surface area contributed by atoms with Crippen LogP contribution in [0.15, 0.2) is 42.5 Å². The fourth-order valence-corrected chi connectivity index (χ4v) is 2.22. The monoisotopic (exact) mass is 287 g/mol. The fourth-order valence-electron chi connectivity index (χ4n) is 2.22. The Labute approximate surface area is 124 Å². The number of methoxy groups -OCH3 is 1. The van der Waals surface area contributed by atoms with Crippen molar-refractivity contribution in [1.82, 2.24) is 0 Å². The summed E-state index contributed by atoms with van der Waals surface area (Å²) in [5.41, 5.74) is 4.94. The minimum absolute atomic E-state index is 0.395. The summed E-state index contributed by atoms with van der Waals surface area (Å²) >= 11 is 0. The van der Waals surface area contributed by atoms with E-state index in [1.165, 1.54) is 12.5 Å². The van der Waals surface area contributed by atoms with Gasteiger partial charge in [-0.15, -0.1) is 0 Å². The maximum atomic E-state index is 11.5. The number of hydrogen-bond donors (Lipinski definition) is 1. The van der Waals surface area contributed by atoms with E-state index in [9.17, 15) is 4.79 Å². The summed E-state index contributed by atoms with van der Waals surface area (Å²) in [6, 6.07) is 14.1. The average molecular weight is 287 g/mol. The van der Waals surface area contributed by atoms with E-state index in [1.807, 2.05) is 30.3 Å². The van der Waals surface area contributed by atoms with Gasteiger partial charge in [-0.1, -0.05) is 30.3 Å². The lowest BCUT2D eigenvalue weighted by atomic mass is 9.98. The number of benzene rings is 2. The Kier molecular flexibility index (Phi) is 4.81. The van der Waals surface area contributed by atoms with E-state index in [0.717, 1.165) is 11.1 Å². The summed E-state index contributed by atoms with van der Waals surface area (Å²) in [7, 11) is 1.35. The van der Waals surface area contributed by atoms with Crippen molar-refractivity contribution in [3.63, 3.8) is 0 Å². The van der Waals surface area contributed by atoms with Crippen molar-refractivity contribution < 1.29 is 14.3 Å². The first-order valence-electron chi connectivity index (χ1n) is 7.02. The third kappa shape index (κ3) is 3.95. The number of fused-ring (bicyclic) bond motifs is 1. The highest BCUT2D eigenvalue weighted by Gasteiger charge is 2.28. The standard InChI is InChI=1S/C17H21NO3/c1-17(18,16(19)20-2)10-5-11-21-15-9-8-13-6-3-4-7-14(13)12-15/h3-4,6-9,12H,5,10-11,18H2,1-2H3. The molecule has 0 amide bonds.